The lowest BCUT2D eigenvalue weighted by Gasteiger charge is -2.12. The molecule has 1 atom stereocenters. The molecule has 0 aliphatic carbocycles. The molecule has 0 bridgehead atoms. The smallest absolute Gasteiger partial charge is 0.336 e. The monoisotopic (exact) mass is 1290 g/mol. The molecule has 1 unspecified atom stereocenters. The van der Waals surface area contributed by atoms with Gasteiger partial charge < -0.3 is 54.7 Å². The van der Waals surface area contributed by atoms with Gasteiger partial charge in [0.05, 0.1) is 18.1 Å². The number of aromatic nitrogens is 4. The summed E-state index contributed by atoms with van der Waals surface area (Å²) in [4.78, 5) is 88.0. The molecule has 1 fully saturated rings. The fraction of sp³-hybridized carbons (Fsp3) is 0.200. The van der Waals surface area contributed by atoms with Crippen LogP contribution in [0, 0.1) is 18.8 Å². The maximum Gasteiger partial charge on any atom is 0.336 e. The minimum atomic E-state index is -0.594. The Bertz CT molecular complexity index is 4160. The number of nitrogens with zero attached hydrogens (tertiary/aromatic N) is 4. The molecule has 11 rings (SSSR count). The first-order valence-corrected chi connectivity index (χ1v) is 31.0. The van der Waals surface area contributed by atoms with Crippen molar-refractivity contribution in [3.63, 3.8) is 0 Å². The number of benzene rings is 5. The largest absolute Gasteiger partial charge is 0.489 e. The average molecular weight is 1290 g/mol. The third-order valence-electron chi connectivity index (χ3n) is 13.7. The number of nitrogens with one attached hydrogen (secondary N) is 5. The van der Waals surface area contributed by atoms with Crippen LogP contribution >= 0.6 is 0 Å². The summed E-state index contributed by atoms with van der Waals surface area (Å²) in [5.41, 5.74) is 7.91. The van der Waals surface area contributed by atoms with Crippen molar-refractivity contribution in [3.05, 3.63) is 281 Å². The lowest BCUT2D eigenvalue weighted by Crippen LogP contribution is -2.23. The Morgan fingerprint density at radius 2 is 0.948 bits per heavy atom. The molecule has 10 aromatic rings. The second-order valence-electron chi connectivity index (χ2n) is 22.0. The Morgan fingerprint density at radius 1 is 0.510 bits per heavy atom. The number of ketones is 1. The molecule has 21 nitrogen and oxygen atoms in total. The number of aryl methyl sites for hydroxylation is 1. The van der Waals surface area contributed by atoms with E-state index < -0.39 is 23.2 Å². The highest BCUT2D eigenvalue weighted by atomic mass is 16.5. The quantitative estimate of drug-likeness (QED) is 0.0352. The fourth-order valence-corrected chi connectivity index (χ4v) is 9.04. The second kappa shape index (κ2) is 37.6. The molecule has 5 aromatic carbocycles. The Hall–Kier alpha value is -11.8. The number of carbonyl (C=O) groups excluding carboxylic acids is 5. The normalized spacial score (nSPS) is 11.9. The number of amides is 4. The molecular formula is C75H75N9O12. The van der Waals surface area contributed by atoms with Crippen molar-refractivity contribution in [2.45, 2.75) is 67.0 Å². The van der Waals surface area contributed by atoms with Crippen molar-refractivity contribution in [1.82, 2.24) is 19.9 Å². The van der Waals surface area contributed by atoms with Crippen LogP contribution in [-0.2, 0) is 45.5 Å². The van der Waals surface area contributed by atoms with Gasteiger partial charge in [0, 0.05) is 150 Å². The third kappa shape index (κ3) is 24.3. The molecule has 492 valence electrons. The first kappa shape index (κ1) is 70.0. The molecule has 1 aliphatic rings. The zero-order valence-electron chi connectivity index (χ0n) is 53.6. The van der Waals surface area contributed by atoms with E-state index in [4.69, 9.17) is 28.1 Å². The molecule has 1 saturated heterocycles. The molecule has 4 amide bonds. The Morgan fingerprint density at radius 3 is 1.35 bits per heavy atom. The van der Waals surface area contributed by atoms with Gasteiger partial charge in [0.25, 0.3) is 17.7 Å². The van der Waals surface area contributed by atoms with Crippen molar-refractivity contribution in [2.24, 2.45) is 11.8 Å². The Balaban J connectivity index is 0.000000164. The summed E-state index contributed by atoms with van der Waals surface area (Å²) in [6, 6.07) is 54.2. The summed E-state index contributed by atoms with van der Waals surface area (Å²) in [7, 11) is 0. The van der Waals surface area contributed by atoms with Gasteiger partial charge >= 0.3 is 5.63 Å². The predicted octanol–water partition coefficient (Wildman–Crippen LogP) is 13.4. The van der Waals surface area contributed by atoms with Crippen LogP contribution in [0.15, 0.2) is 241 Å². The summed E-state index contributed by atoms with van der Waals surface area (Å²) < 4.78 is 33.0. The first-order valence-electron chi connectivity index (χ1n) is 31.0. The van der Waals surface area contributed by atoms with Crippen LogP contribution < -0.4 is 51.2 Å². The molecule has 96 heavy (non-hydrogen) atoms. The number of hydrogen-bond donors (Lipinski definition) is 5. The zero-order chi connectivity index (χ0) is 67.7. The average Bonchev–Trinajstić information content (AvgIpc) is 3.66. The highest BCUT2D eigenvalue weighted by Crippen LogP contribution is 2.25. The van der Waals surface area contributed by atoms with Crippen LogP contribution in [0.25, 0.3) is 0 Å². The van der Waals surface area contributed by atoms with Crippen molar-refractivity contribution in [1.29, 1.82) is 0 Å². The lowest BCUT2D eigenvalue weighted by atomic mass is 10.1. The molecule has 0 saturated carbocycles. The van der Waals surface area contributed by atoms with Crippen molar-refractivity contribution in [2.75, 3.05) is 46.3 Å². The van der Waals surface area contributed by atoms with E-state index in [1.807, 2.05) is 136 Å². The van der Waals surface area contributed by atoms with Gasteiger partial charge in [-0.3, -0.25) is 43.9 Å². The molecule has 21 heteroatoms. The molecule has 5 N–H and O–H groups in total. The highest BCUT2D eigenvalue weighted by Gasteiger charge is 2.24. The summed E-state index contributed by atoms with van der Waals surface area (Å²) in [5.74, 6) is 1.02. The minimum Gasteiger partial charge on any atom is -0.489 e. The number of para-hydroxylation sites is 1. The molecule has 5 aromatic heterocycles. The summed E-state index contributed by atoms with van der Waals surface area (Å²) in [6.07, 6.45) is 14.9. The fourth-order valence-electron chi connectivity index (χ4n) is 9.04. The summed E-state index contributed by atoms with van der Waals surface area (Å²) in [5, 5.41) is 14.3. The number of ether oxygens (including phenoxy) is 5. The standard InChI is InChI=1S/C21H21N3O2.C19H16N2O4.C18H20N2O3.C17H18N2O3/c1-2-23-20-11-4-3-10-19(20)21(25)24-17-8-5-9-18(13-17)26-15-16-7-6-12-22-14-16;1-13-8-17(25-18(22)9-13)19(23)21-15-5-2-6-16(10-15)24-12-14-4-3-7-20-11-14;1-13(2)9-17(21)18(22)20-15-6-3-7-16(10-15)23-12-14-5-4-8-19-11-14;20-17(14-6-8-21-12-14)19-15-4-1-5-16(9-15)22-11-13-3-2-7-18-10-13/h3-14,23H,2,15H2,1H3,(H,24,25);2-11H,12H2,1H3,(H,21,23);3-8,10-11,13H,9,12H2,1-2H3,(H,20,22);1-5,7,9-10,14H,6,8,11-12H2,(H,19,20). The number of hydrogen-bond acceptors (Lipinski definition) is 17. The van der Waals surface area contributed by atoms with Gasteiger partial charge in [-0.25, -0.2) is 4.79 Å². The maximum absolute atomic E-state index is 12.6. The van der Waals surface area contributed by atoms with Gasteiger partial charge in [0.1, 0.15) is 49.4 Å². The molecule has 0 spiro atoms. The van der Waals surface area contributed by atoms with Gasteiger partial charge in [0.2, 0.25) is 11.7 Å². The number of rotatable bonds is 24. The van der Waals surface area contributed by atoms with E-state index in [0.717, 1.165) is 46.6 Å². The van der Waals surface area contributed by atoms with Crippen molar-refractivity contribution < 1.29 is 52.1 Å². The number of carbonyl (C=O) groups is 5. The van der Waals surface area contributed by atoms with Gasteiger partial charge in [-0.2, -0.15) is 0 Å². The van der Waals surface area contributed by atoms with Crippen LogP contribution in [0.2, 0.25) is 0 Å². The molecule has 6 heterocycles. The molecule has 0 radical (unpaired) electrons. The van der Waals surface area contributed by atoms with Gasteiger partial charge in [-0.05, 0) is 123 Å². The zero-order valence-corrected chi connectivity index (χ0v) is 53.6. The summed E-state index contributed by atoms with van der Waals surface area (Å²) in [6.45, 7) is 11.1. The lowest BCUT2D eigenvalue weighted by molar-refractivity contribution is -0.135. The van der Waals surface area contributed by atoms with Crippen LogP contribution in [0.4, 0.5) is 28.4 Å². The third-order valence-corrected chi connectivity index (χ3v) is 13.7. The van der Waals surface area contributed by atoms with Crippen LogP contribution in [-0.4, -0.2) is 69.1 Å². The van der Waals surface area contributed by atoms with E-state index in [2.05, 4.69) is 46.5 Å². The topological polar surface area (TPSA) is 273 Å². The van der Waals surface area contributed by atoms with Crippen LogP contribution in [0.3, 0.4) is 0 Å². The second-order valence-corrected chi connectivity index (χ2v) is 22.0. The van der Waals surface area contributed by atoms with E-state index in [0.29, 0.717) is 90.8 Å². The molecular weight excluding hydrogens is 1220 g/mol. The maximum atomic E-state index is 12.6. The van der Waals surface area contributed by atoms with Crippen molar-refractivity contribution in [3.8, 4) is 23.0 Å². The predicted molar refractivity (Wildman–Crippen MR) is 367 cm³/mol. The highest BCUT2D eigenvalue weighted by molar-refractivity contribution is 6.40. The van der Waals surface area contributed by atoms with E-state index >= 15 is 0 Å². The van der Waals surface area contributed by atoms with Gasteiger partial charge in [-0.15, -0.1) is 0 Å². The van der Waals surface area contributed by atoms with Gasteiger partial charge in [-0.1, -0.05) is 74.5 Å². The van der Waals surface area contributed by atoms with E-state index in [1.54, 1.807) is 111 Å². The van der Waals surface area contributed by atoms with E-state index in [1.165, 1.54) is 12.1 Å². The van der Waals surface area contributed by atoms with E-state index in [-0.39, 0.29) is 35.8 Å². The van der Waals surface area contributed by atoms with Gasteiger partial charge in [0.15, 0.2) is 5.76 Å². The van der Waals surface area contributed by atoms with Crippen LogP contribution in [0.1, 0.15) is 82.3 Å². The number of Topliss-reactive ketones (excluding diaryl/α,β-unsaturated/α-hetero) is 1. The van der Waals surface area contributed by atoms with E-state index in [9.17, 15) is 28.8 Å². The number of anilines is 5. The first-order chi connectivity index (χ1) is 46.7. The minimum absolute atomic E-state index is 0.00177. The molecule has 1 aliphatic heterocycles. The SMILES string of the molecule is CC(C)CC(=O)C(=O)Nc1cccc(OCc2cccnc2)c1.CCNc1ccccc1C(=O)Nc1cccc(OCc2cccnc2)c1.Cc1cc(C(=O)Nc2cccc(OCc3cccnc3)c2)oc(=O)c1.O=C(Nc1cccc(OCc2cccnc2)c1)C1CCOC1. The Kier molecular flexibility index (Phi) is 27.4. The van der Waals surface area contributed by atoms with Crippen molar-refractivity contribution >= 4 is 57.8 Å². The van der Waals surface area contributed by atoms with Crippen LogP contribution in [0.5, 0.6) is 23.0 Å². The summed E-state index contributed by atoms with van der Waals surface area (Å²) >= 11 is 0. The number of pyridine rings is 4. The Labute approximate surface area is 556 Å².